The Morgan fingerprint density at radius 1 is 1.69 bits per heavy atom. The van der Waals surface area contributed by atoms with Crippen molar-refractivity contribution < 1.29 is 4.74 Å². The summed E-state index contributed by atoms with van der Waals surface area (Å²) in [6.07, 6.45) is 3.68. The Morgan fingerprint density at radius 3 is 3.06 bits per heavy atom. The van der Waals surface area contributed by atoms with Gasteiger partial charge in [0, 0.05) is 32.5 Å². The Balaban J connectivity index is 2.40. The summed E-state index contributed by atoms with van der Waals surface area (Å²) in [6.45, 7) is 1.80. The Hall–Kier alpha value is -1.60. The van der Waals surface area contributed by atoms with E-state index in [1.165, 1.54) is 0 Å². The van der Waals surface area contributed by atoms with Crippen molar-refractivity contribution in [3.63, 3.8) is 0 Å². The molecule has 0 spiro atoms. The van der Waals surface area contributed by atoms with E-state index in [1.807, 2.05) is 13.2 Å². The quantitative estimate of drug-likeness (QED) is 0.196. The molecule has 0 saturated heterocycles. The summed E-state index contributed by atoms with van der Waals surface area (Å²) in [5, 5.41) is 7.06. The van der Waals surface area contributed by atoms with Crippen molar-refractivity contribution >= 4 is 5.96 Å². The molecule has 1 heterocycles. The highest BCUT2D eigenvalue weighted by molar-refractivity contribution is 5.79. The van der Waals surface area contributed by atoms with Crippen molar-refractivity contribution in [2.45, 2.75) is 6.54 Å². The zero-order chi connectivity index (χ0) is 11.8. The molecular weight excluding hydrogens is 208 g/mol. The fraction of sp³-hybridized carbons (Fsp3) is 0.556. The molecule has 0 amide bonds. The van der Waals surface area contributed by atoms with Gasteiger partial charge in [-0.25, -0.2) is 10.8 Å². The lowest BCUT2D eigenvalue weighted by molar-refractivity contribution is 0.203. The molecule has 0 aliphatic rings. The Kier molecular flexibility index (Phi) is 5.30. The lowest BCUT2D eigenvalue weighted by atomic mass is 10.4. The molecule has 1 aromatic rings. The van der Waals surface area contributed by atoms with E-state index in [4.69, 9.17) is 10.6 Å². The van der Waals surface area contributed by atoms with Gasteiger partial charge in [-0.3, -0.25) is 10.1 Å². The number of hydrazine groups is 1. The topological polar surface area (TPSA) is 89.5 Å². The van der Waals surface area contributed by atoms with Gasteiger partial charge in [-0.1, -0.05) is 0 Å². The van der Waals surface area contributed by atoms with Crippen molar-refractivity contribution in [1.29, 1.82) is 0 Å². The molecule has 0 saturated carbocycles. The van der Waals surface area contributed by atoms with Gasteiger partial charge < -0.3 is 10.1 Å². The Bertz CT molecular complexity index is 334. The van der Waals surface area contributed by atoms with Crippen molar-refractivity contribution in [3.05, 3.63) is 18.0 Å². The monoisotopic (exact) mass is 226 g/mol. The minimum absolute atomic E-state index is 0.535. The largest absolute Gasteiger partial charge is 0.383 e. The van der Waals surface area contributed by atoms with Gasteiger partial charge in [-0.2, -0.15) is 5.10 Å². The molecule has 0 aliphatic heterocycles. The third kappa shape index (κ3) is 4.28. The summed E-state index contributed by atoms with van der Waals surface area (Å²) in [6, 6.07) is 0. The normalized spacial score (nSPS) is 11.6. The number of ether oxygens (including phenoxy) is 1. The number of aliphatic imine (C=N–C) groups is 1. The molecule has 90 valence electrons. The maximum Gasteiger partial charge on any atom is 0.206 e. The van der Waals surface area contributed by atoms with Crippen LogP contribution < -0.4 is 16.6 Å². The van der Waals surface area contributed by atoms with E-state index in [0.717, 1.165) is 5.56 Å². The summed E-state index contributed by atoms with van der Waals surface area (Å²) in [5.74, 6) is 5.86. The molecular formula is C9H18N6O. The smallest absolute Gasteiger partial charge is 0.206 e. The van der Waals surface area contributed by atoms with Crippen LogP contribution in [0.25, 0.3) is 0 Å². The standard InChI is InChI=1S/C9H18N6O/c1-15-7-8(6-13-15)5-12-9(14-10)11-3-4-16-2/h6-7H,3-5,10H2,1-2H3,(H2,11,12,14). The van der Waals surface area contributed by atoms with Gasteiger partial charge in [-0.05, 0) is 0 Å². The molecule has 0 aliphatic carbocycles. The lowest BCUT2D eigenvalue weighted by Crippen LogP contribution is -2.42. The van der Waals surface area contributed by atoms with E-state index in [0.29, 0.717) is 25.7 Å². The predicted molar refractivity (Wildman–Crippen MR) is 61.5 cm³/mol. The molecule has 0 radical (unpaired) electrons. The van der Waals surface area contributed by atoms with Crippen LogP contribution in [0.2, 0.25) is 0 Å². The van der Waals surface area contributed by atoms with Crippen LogP contribution in [0.15, 0.2) is 17.4 Å². The number of hydrogen-bond acceptors (Lipinski definition) is 4. The average molecular weight is 226 g/mol. The van der Waals surface area contributed by atoms with Gasteiger partial charge >= 0.3 is 0 Å². The number of nitrogens with zero attached hydrogens (tertiary/aromatic N) is 3. The second kappa shape index (κ2) is 6.81. The summed E-state index contributed by atoms with van der Waals surface area (Å²) in [5.41, 5.74) is 3.53. The minimum atomic E-state index is 0.535. The van der Waals surface area contributed by atoms with Crippen LogP contribution in [0.3, 0.4) is 0 Å². The first-order valence-electron chi connectivity index (χ1n) is 4.97. The number of rotatable bonds is 5. The van der Waals surface area contributed by atoms with Crippen molar-refractivity contribution in [2.24, 2.45) is 17.9 Å². The maximum atomic E-state index is 5.32. The molecule has 16 heavy (non-hydrogen) atoms. The fourth-order valence-electron chi connectivity index (χ4n) is 1.15. The average Bonchev–Trinajstić information content (AvgIpc) is 2.69. The van der Waals surface area contributed by atoms with Crippen molar-refractivity contribution in [3.8, 4) is 0 Å². The van der Waals surface area contributed by atoms with Gasteiger partial charge in [0.05, 0.1) is 19.3 Å². The number of methoxy groups -OCH3 is 1. The molecule has 0 unspecified atom stereocenters. The number of hydrogen-bond donors (Lipinski definition) is 3. The van der Waals surface area contributed by atoms with Crippen molar-refractivity contribution in [1.82, 2.24) is 20.5 Å². The summed E-state index contributed by atoms with van der Waals surface area (Å²) >= 11 is 0. The highest BCUT2D eigenvalue weighted by Gasteiger charge is 1.97. The number of nitrogens with one attached hydrogen (secondary N) is 2. The Labute approximate surface area is 94.6 Å². The van der Waals surface area contributed by atoms with Crippen LogP contribution in [0.4, 0.5) is 0 Å². The van der Waals surface area contributed by atoms with E-state index >= 15 is 0 Å². The maximum absolute atomic E-state index is 5.32. The summed E-state index contributed by atoms with van der Waals surface area (Å²) < 4.78 is 6.64. The second-order valence-electron chi connectivity index (χ2n) is 3.25. The van der Waals surface area contributed by atoms with Crippen LogP contribution in [-0.4, -0.2) is 36.0 Å². The Morgan fingerprint density at radius 2 is 2.50 bits per heavy atom. The molecule has 7 heteroatoms. The van der Waals surface area contributed by atoms with Crippen molar-refractivity contribution in [2.75, 3.05) is 20.3 Å². The summed E-state index contributed by atoms with van der Waals surface area (Å²) in [7, 11) is 3.51. The van der Waals surface area contributed by atoms with E-state index in [9.17, 15) is 0 Å². The van der Waals surface area contributed by atoms with E-state index in [2.05, 4.69) is 20.8 Å². The van der Waals surface area contributed by atoms with Gasteiger partial charge in [0.15, 0.2) is 0 Å². The zero-order valence-corrected chi connectivity index (χ0v) is 9.60. The molecule has 0 fully saturated rings. The third-order valence-electron chi connectivity index (χ3n) is 1.91. The van der Waals surface area contributed by atoms with Gasteiger partial charge in [-0.15, -0.1) is 0 Å². The van der Waals surface area contributed by atoms with Gasteiger partial charge in [0.25, 0.3) is 0 Å². The first-order valence-corrected chi connectivity index (χ1v) is 4.97. The first-order chi connectivity index (χ1) is 7.76. The minimum Gasteiger partial charge on any atom is -0.383 e. The number of nitrogens with two attached hydrogens (primary N) is 1. The predicted octanol–water partition coefficient (Wildman–Crippen LogP) is -1.02. The zero-order valence-electron chi connectivity index (χ0n) is 9.60. The van der Waals surface area contributed by atoms with E-state index < -0.39 is 0 Å². The fourth-order valence-corrected chi connectivity index (χ4v) is 1.15. The molecule has 1 aromatic heterocycles. The first kappa shape index (κ1) is 12.5. The van der Waals surface area contributed by atoms with E-state index in [-0.39, 0.29) is 0 Å². The van der Waals surface area contributed by atoms with Crippen LogP contribution in [0.5, 0.6) is 0 Å². The van der Waals surface area contributed by atoms with Gasteiger partial charge in [0.2, 0.25) is 5.96 Å². The molecule has 0 aromatic carbocycles. The van der Waals surface area contributed by atoms with Crippen LogP contribution >= 0.6 is 0 Å². The number of guanidine groups is 1. The van der Waals surface area contributed by atoms with Crippen LogP contribution in [0.1, 0.15) is 5.56 Å². The number of aromatic nitrogens is 2. The molecule has 4 N–H and O–H groups in total. The van der Waals surface area contributed by atoms with Crippen LogP contribution in [0, 0.1) is 0 Å². The second-order valence-corrected chi connectivity index (χ2v) is 3.25. The van der Waals surface area contributed by atoms with E-state index in [1.54, 1.807) is 18.0 Å². The van der Waals surface area contributed by atoms with Crippen LogP contribution in [-0.2, 0) is 18.3 Å². The van der Waals surface area contributed by atoms with Gasteiger partial charge in [0.1, 0.15) is 0 Å². The highest BCUT2D eigenvalue weighted by atomic mass is 16.5. The third-order valence-corrected chi connectivity index (χ3v) is 1.91. The number of aryl methyl sites for hydroxylation is 1. The molecule has 7 nitrogen and oxygen atoms in total. The molecule has 1 rings (SSSR count). The SMILES string of the molecule is COCCNC(=NCc1cnn(C)c1)NN. The molecule has 0 bridgehead atoms. The lowest BCUT2D eigenvalue weighted by Gasteiger charge is -2.07. The summed E-state index contributed by atoms with van der Waals surface area (Å²) in [4.78, 5) is 4.26. The molecule has 0 atom stereocenters. The highest BCUT2D eigenvalue weighted by Crippen LogP contribution is 1.97.